The van der Waals surface area contributed by atoms with Crippen LogP contribution in [0, 0.1) is 6.92 Å². The minimum Gasteiger partial charge on any atom is -0.325 e. The van der Waals surface area contributed by atoms with Crippen LogP contribution in [0.2, 0.25) is 0 Å². The van der Waals surface area contributed by atoms with E-state index in [9.17, 15) is 4.79 Å². The Morgan fingerprint density at radius 3 is 2.03 bits per heavy atom. The zero-order valence-corrected chi connectivity index (χ0v) is 20.5. The van der Waals surface area contributed by atoms with Gasteiger partial charge in [0.25, 0.3) is 5.56 Å². The fourth-order valence-electron chi connectivity index (χ4n) is 4.39. The highest BCUT2D eigenvalue weighted by Crippen LogP contribution is 2.33. The molecule has 6 rings (SSSR count). The van der Waals surface area contributed by atoms with Crippen LogP contribution in [0.25, 0.3) is 33.3 Å². The number of nitrogens with one attached hydrogen (secondary N) is 1. The molecule has 3 heterocycles. The molecule has 0 aliphatic carbocycles. The van der Waals surface area contributed by atoms with E-state index < -0.39 is 0 Å². The largest absolute Gasteiger partial charge is 0.325 e. The van der Waals surface area contributed by atoms with Crippen LogP contribution in [0.5, 0.6) is 0 Å². The molecule has 0 saturated carbocycles. The monoisotopic (exact) mass is 490 g/mol. The zero-order valence-electron chi connectivity index (χ0n) is 19.7. The maximum absolute atomic E-state index is 14.1. The first kappa shape index (κ1) is 22.1. The number of aromatic nitrogens is 5. The van der Waals surface area contributed by atoms with Gasteiger partial charge >= 0.3 is 0 Å². The van der Waals surface area contributed by atoms with Crippen molar-refractivity contribution in [1.29, 1.82) is 0 Å². The lowest BCUT2D eigenvalue weighted by Gasteiger charge is -2.16. The van der Waals surface area contributed by atoms with Crippen molar-refractivity contribution in [1.82, 2.24) is 24.3 Å². The van der Waals surface area contributed by atoms with E-state index in [1.165, 1.54) is 11.8 Å². The maximum Gasteiger partial charge on any atom is 0.269 e. The first-order valence-electron chi connectivity index (χ1n) is 11.5. The van der Waals surface area contributed by atoms with Gasteiger partial charge in [-0.25, -0.2) is 19.2 Å². The van der Waals surface area contributed by atoms with Crippen molar-refractivity contribution in [2.75, 3.05) is 11.6 Å². The Kier molecular flexibility index (Phi) is 5.50. The van der Waals surface area contributed by atoms with Crippen LogP contribution in [0.15, 0.2) is 101 Å². The Hall–Kier alpha value is -4.43. The Bertz CT molecular complexity index is 1760. The van der Waals surface area contributed by atoms with Gasteiger partial charge in [-0.3, -0.25) is 4.79 Å². The molecule has 0 saturated heterocycles. The highest BCUT2D eigenvalue weighted by atomic mass is 32.2. The smallest absolute Gasteiger partial charge is 0.269 e. The van der Waals surface area contributed by atoms with Crippen molar-refractivity contribution in [3.8, 4) is 11.4 Å². The molecule has 0 radical (unpaired) electrons. The van der Waals surface area contributed by atoms with Gasteiger partial charge in [0.05, 0.1) is 33.4 Å². The molecule has 0 fully saturated rings. The van der Waals surface area contributed by atoms with Gasteiger partial charge in [0.2, 0.25) is 5.95 Å². The van der Waals surface area contributed by atoms with Gasteiger partial charge in [0.15, 0.2) is 5.65 Å². The summed E-state index contributed by atoms with van der Waals surface area (Å²) in [7, 11) is 0. The molecule has 1 N–H and O–H groups in total. The van der Waals surface area contributed by atoms with Gasteiger partial charge in [0.1, 0.15) is 5.03 Å². The van der Waals surface area contributed by atoms with Gasteiger partial charge in [-0.05, 0) is 49.6 Å². The van der Waals surface area contributed by atoms with E-state index in [2.05, 4.69) is 5.32 Å². The summed E-state index contributed by atoms with van der Waals surface area (Å²) in [6, 6.07) is 29.1. The number of anilines is 2. The lowest BCUT2D eigenvalue weighted by molar-refractivity contribution is 0.851. The van der Waals surface area contributed by atoms with Gasteiger partial charge in [-0.15, -0.1) is 11.8 Å². The van der Waals surface area contributed by atoms with Crippen LogP contribution in [0.4, 0.5) is 11.6 Å². The Labute approximate surface area is 211 Å². The highest BCUT2D eigenvalue weighted by Gasteiger charge is 2.23. The summed E-state index contributed by atoms with van der Waals surface area (Å²) >= 11 is 1.51. The second-order valence-corrected chi connectivity index (χ2v) is 9.07. The lowest BCUT2D eigenvalue weighted by atomic mass is 10.2. The molecule has 8 heteroatoms. The van der Waals surface area contributed by atoms with Gasteiger partial charge < -0.3 is 5.32 Å². The number of hydrogen-bond acceptors (Lipinski definition) is 6. The number of hydrogen-bond donors (Lipinski definition) is 1. The van der Waals surface area contributed by atoms with Gasteiger partial charge in [-0.2, -0.15) is 5.10 Å². The van der Waals surface area contributed by atoms with Crippen molar-refractivity contribution in [3.05, 3.63) is 107 Å². The lowest BCUT2D eigenvalue weighted by Crippen LogP contribution is -2.24. The van der Waals surface area contributed by atoms with Crippen molar-refractivity contribution < 1.29 is 0 Å². The fraction of sp³-hybridized carbons (Fsp3) is 0.0714. The molecule has 0 aliphatic rings. The number of thioether (sulfide) groups is 1. The topological polar surface area (TPSA) is 77.6 Å². The summed E-state index contributed by atoms with van der Waals surface area (Å²) in [5, 5.41) is 10.2. The standard InChI is InChI=1S/C28H22N6OS/c1-18-22-24(23-25(29-18)34(32-26(23)36-2)21-16-10-5-11-17-21)31-28(30-19-12-6-3-7-13-19)33(27(22)35)20-14-8-4-9-15-20/h3-17H,1-2H3,(H,30,31). The van der Waals surface area contributed by atoms with Crippen molar-refractivity contribution in [2.45, 2.75) is 11.9 Å². The first-order valence-corrected chi connectivity index (χ1v) is 12.7. The van der Waals surface area contributed by atoms with Gasteiger partial charge in [0, 0.05) is 5.69 Å². The Morgan fingerprint density at radius 1 is 0.778 bits per heavy atom. The number of fused-ring (bicyclic) bond motifs is 3. The number of nitrogens with zero attached hydrogens (tertiary/aromatic N) is 5. The second-order valence-electron chi connectivity index (χ2n) is 8.28. The summed E-state index contributed by atoms with van der Waals surface area (Å²) < 4.78 is 3.43. The molecular weight excluding hydrogens is 468 g/mol. The summed E-state index contributed by atoms with van der Waals surface area (Å²) in [6.07, 6.45) is 1.97. The number of aryl methyl sites for hydroxylation is 1. The van der Waals surface area contributed by atoms with Crippen LogP contribution >= 0.6 is 11.8 Å². The van der Waals surface area contributed by atoms with Crippen LogP contribution < -0.4 is 10.9 Å². The summed E-state index contributed by atoms with van der Waals surface area (Å²) in [6.45, 7) is 1.85. The summed E-state index contributed by atoms with van der Waals surface area (Å²) in [5.41, 5.74) is 4.13. The van der Waals surface area contributed by atoms with Crippen molar-refractivity contribution >= 4 is 45.3 Å². The molecule has 0 unspecified atom stereocenters. The molecular formula is C28H22N6OS. The minimum atomic E-state index is -0.184. The third-order valence-corrected chi connectivity index (χ3v) is 6.70. The third kappa shape index (κ3) is 3.63. The van der Waals surface area contributed by atoms with Crippen LogP contribution in [0.1, 0.15) is 5.69 Å². The molecule has 0 atom stereocenters. The third-order valence-electron chi connectivity index (χ3n) is 6.02. The number of pyridine rings is 1. The van der Waals surface area contributed by atoms with Crippen molar-refractivity contribution in [3.63, 3.8) is 0 Å². The van der Waals surface area contributed by atoms with Crippen molar-refractivity contribution in [2.24, 2.45) is 0 Å². The van der Waals surface area contributed by atoms with E-state index >= 15 is 0 Å². The second kappa shape index (κ2) is 8.98. The van der Waals surface area contributed by atoms with Crippen LogP contribution in [-0.2, 0) is 0 Å². The van der Waals surface area contributed by atoms with E-state index in [4.69, 9.17) is 15.1 Å². The molecule has 36 heavy (non-hydrogen) atoms. The summed E-state index contributed by atoms with van der Waals surface area (Å²) in [5.74, 6) is 0.427. The average molecular weight is 491 g/mol. The van der Waals surface area contributed by atoms with E-state index in [-0.39, 0.29) is 5.56 Å². The van der Waals surface area contributed by atoms with E-state index in [0.29, 0.717) is 28.2 Å². The molecule has 176 valence electrons. The maximum atomic E-state index is 14.1. The van der Waals surface area contributed by atoms with E-state index in [0.717, 1.165) is 27.5 Å². The Morgan fingerprint density at radius 2 is 1.39 bits per heavy atom. The summed E-state index contributed by atoms with van der Waals surface area (Å²) in [4.78, 5) is 24.0. The molecule has 0 spiro atoms. The normalized spacial score (nSPS) is 11.3. The molecule has 3 aromatic heterocycles. The molecule has 3 aromatic carbocycles. The molecule has 0 bridgehead atoms. The predicted molar refractivity (Wildman–Crippen MR) is 146 cm³/mol. The number of benzene rings is 3. The number of rotatable bonds is 5. The minimum absolute atomic E-state index is 0.184. The number of para-hydroxylation sites is 3. The molecule has 7 nitrogen and oxygen atoms in total. The average Bonchev–Trinajstić information content (AvgIpc) is 3.29. The molecule has 0 amide bonds. The Balaban J connectivity index is 1.72. The van der Waals surface area contributed by atoms with Crippen LogP contribution in [-0.4, -0.2) is 30.6 Å². The fourth-order valence-corrected chi connectivity index (χ4v) is 4.94. The quantitative estimate of drug-likeness (QED) is 0.304. The predicted octanol–water partition coefficient (Wildman–Crippen LogP) is 5.89. The SMILES string of the molecule is CSc1nn(-c2ccccc2)c2nc(C)c3c(=O)n(-c4ccccc4)c(Nc4ccccc4)nc3c12. The molecule has 0 aliphatic heterocycles. The zero-order chi connectivity index (χ0) is 24.6. The first-order chi connectivity index (χ1) is 17.7. The van der Waals surface area contributed by atoms with Crippen LogP contribution in [0.3, 0.4) is 0 Å². The highest BCUT2D eigenvalue weighted by molar-refractivity contribution is 7.98. The molecule has 6 aromatic rings. The van der Waals surface area contributed by atoms with Gasteiger partial charge in [-0.1, -0.05) is 54.6 Å². The van der Waals surface area contributed by atoms with E-state index in [1.54, 1.807) is 4.57 Å². The van der Waals surface area contributed by atoms with E-state index in [1.807, 2.05) is 109 Å².